The highest BCUT2D eigenvalue weighted by atomic mass is 35.5. The topological polar surface area (TPSA) is 67.2 Å². The SMILES string of the molecule is Cc1c(C(=O)N2CCCN(c3ccc(C(F)(F)F)cn3)CC2)nnn1-c1cccc(Cl)c1. The summed E-state index contributed by atoms with van der Waals surface area (Å²) in [4.78, 5) is 20.6. The van der Waals surface area contributed by atoms with Crippen LogP contribution in [-0.4, -0.2) is 57.0 Å². The van der Waals surface area contributed by atoms with Crippen molar-refractivity contribution in [2.24, 2.45) is 0 Å². The number of benzene rings is 1. The molecule has 3 heterocycles. The summed E-state index contributed by atoms with van der Waals surface area (Å²) in [6.45, 7) is 3.69. The molecule has 4 rings (SSSR count). The first-order valence-corrected chi connectivity index (χ1v) is 10.4. The zero-order valence-corrected chi connectivity index (χ0v) is 17.9. The van der Waals surface area contributed by atoms with Gasteiger partial charge in [0.1, 0.15) is 5.82 Å². The normalized spacial score (nSPS) is 15.0. The van der Waals surface area contributed by atoms with Gasteiger partial charge in [0, 0.05) is 37.4 Å². The van der Waals surface area contributed by atoms with E-state index in [1.165, 1.54) is 6.07 Å². The minimum Gasteiger partial charge on any atom is -0.355 e. The summed E-state index contributed by atoms with van der Waals surface area (Å²) >= 11 is 6.05. The molecule has 2 aromatic heterocycles. The van der Waals surface area contributed by atoms with Crippen LogP contribution < -0.4 is 4.90 Å². The van der Waals surface area contributed by atoms with E-state index in [0.717, 1.165) is 12.3 Å². The third-order valence-electron chi connectivity index (χ3n) is 5.33. The van der Waals surface area contributed by atoms with Crippen LogP contribution >= 0.6 is 11.6 Å². The maximum Gasteiger partial charge on any atom is 0.417 e. The lowest BCUT2D eigenvalue weighted by molar-refractivity contribution is -0.137. The summed E-state index contributed by atoms with van der Waals surface area (Å²) < 4.78 is 39.9. The van der Waals surface area contributed by atoms with E-state index in [1.54, 1.807) is 34.7 Å². The third kappa shape index (κ3) is 4.55. The maximum absolute atomic E-state index is 13.1. The van der Waals surface area contributed by atoms with E-state index in [0.29, 0.717) is 54.8 Å². The summed E-state index contributed by atoms with van der Waals surface area (Å²) in [6, 6.07) is 9.48. The van der Waals surface area contributed by atoms with Gasteiger partial charge < -0.3 is 9.80 Å². The molecule has 0 radical (unpaired) electrons. The number of hydrogen-bond acceptors (Lipinski definition) is 5. The average molecular weight is 465 g/mol. The molecule has 3 aromatic rings. The standard InChI is InChI=1S/C21H20ClF3N6O/c1-14-19(27-28-31(14)17-5-2-4-16(22)12-17)20(32)30-9-3-8-29(10-11-30)18-7-6-15(13-26-18)21(23,24)25/h2,4-7,12-13H,3,8-11H2,1H3. The fourth-order valence-electron chi connectivity index (χ4n) is 3.62. The Hall–Kier alpha value is -3.14. The third-order valence-corrected chi connectivity index (χ3v) is 5.57. The van der Waals surface area contributed by atoms with Crippen molar-refractivity contribution in [3.05, 3.63) is 64.6 Å². The van der Waals surface area contributed by atoms with Crippen LogP contribution in [0.2, 0.25) is 5.02 Å². The fraction of sp³-hybridized carbons (Fsp3) is 0.333. The Labute approximate surface area is 187 Å². The van der Waals surface area contributed by atoms with E-state index in [2.05, 4.69) is 15.3 Å². The molecule has 168 valence electrons. The summed E-state index contributed by atoms with van der Waals surface area (Å²) in [7, 11) is 0. The predicted octanol–water partition coefficient (Wildman–Crippen LogP) is 4.00. The van der Waals surface area contributed by atoms with Crippen LogP contribution in [0.4, 0.5) is 19.0 Å². The molecule has 1 amide bonds. The van der Waals surface area contributed by atoms with Crippen LogP contribution in [0, 0.1) is 6.92 Å². The molecule has 0 unspecified atom stereocenters. The molecule has 0 spiro atoms. The second-order valence-corrected chi connectivity index (χ2v) is 7.89. The first kappa shape index (κ1) is 22.1. The fourth-order valence-corrected chi connectivity index (χ4v) is 3.80. The molecule has 1 fully saturated rings. The number of nitrogens with zero attached hydrogens (tertiary/aromatic N) is 6. The Morgan fingerprint density at radius 2 is 1.91 bits per heavy atom. The van der Waals surface area contributed by atoms with E-state index < -0.39 is 11.7 Å². The molecule has 1 aliphatic heterocycles. The molecule has 11 heteroatoms. The van der Waals surface area contributed by atoms with Crippen molar-refractivity contribution < 1.29 is 18.0 Å². The summed E-state index contributed by atoms with van der Waals surface area (Å²) in [5.41, 5.74) is 0.775. The van der Waals surface area contributed by atoms with Gasteiger partial charge in [-0.1, -0.05) is 22.9 Å². The van der Waals surface area contributed by atoms with Gasteiger partial charge in [-0.15, -0.1) is 5.10 Å². The molecule has 32 heavy (non-hydrogen) atoms. The maximum atomic E-state index is 13.1. The minimum atomic E-state index is -4.42. The quantitative estimate of drug-likeness (QED) is 0.586. The molecule has 1 aromatic carbocycles. The van der Waals surface area contributed by atoms with E-state index >= 15 is 0 Å². The van der Waals surface area contributed by atoms with E-state index in [-0.39, 0.29) is 11.6 Å². The second kappa shape index (κ2) is 8.78. The second-order valence-electron chi connectivity index (χ2n) is 7.45. The van der Waals surface area contributed by atoms with Crippen molar-refractivity contribution in [1.29, 1.82) is 0 Å². The molecular weight excluding hydrogens is 445 g/mol. The first-order chi connectivity index (χ1) is 15.2. The minimum absolute atomic E-state index is 0.238. The van der Waals surface area contributed by atoms with Crippen LogP contribution in [0.15, 0.2) is 42.6 Å². The van der Waals surface area contributed by atoms with E-state index in [1.807, 2.05) is 11.0 Å². The summed E-state index contributed by atoms with van der Waals surface area (Å²) in [5.74, 6) is 0.216. The van der Waals surface area contributed by atoms with E-state index in [9.17, 15) is 18.0 Å². The van der Waals surface area contributed by atoms with Crippen molar-refractivity contribution >= 4 is 23.3 Å². The number of pyridine rings is 1. The van der Waals surface area contributed by atoms with Crippen molar-refractivity contribution in [3.63, 3.8) is 0 Å². The Balaban J connectivity index is 1.46. The number of amides is 1. The Morgan fingerprint density at radius 3 is 2.59 bits per heavy atom. The highest BCUT2D eigenvalue weighted by molar-refractivity contribution is 6.30. The van der Waals surface area contributed by atoms with Crippen LogP contribution in [0.25, 0.3) is 5.69 Å². The zero-order chi connectivity index (χ0) is 22.9. The number of alkyl halides is 3. The van der Waals surface area contributed by atoms with Crippen molar-refractivity contribution in [2.45, 2.75) is 19.5 Å². The number of rotatable bonds is 3. The van der Waals surface area contributed by atoms with Gasteiger partial charge in [0.25, 0.3) is 5.91 Å². The lowest BCUT2D eigenvalue weighted by Gasteiger charge is -2.23. The van der Waals surface area contributed by atoms with Gasteiger partial charge in [0.05, 0.1) is 16.9 Å². The van der Waals surface area contributed by atoms with Crippen molar-refractivity contribution in [2.75, 3.05) is 31.1 Å². The van der Waals surface area contributed by atoms with Crippen LogP contribution in [0.5, 0.6) is 0 Å². The highest BCUT2D eigenvalue weighted by Gasteiger charge is 2.31. The van der Waals surface area contributed by atoms with Crippen molar-refractivity contribution in [1.82, 2.24) is 24.9 Å². The van der Waals surface area contributed by atoms with Gasteiger partial charge in [-0.2, -0.15) is 13.2 Å². The molecule has 1 saturated heterocycles. The van der Waals surface area contributed by atoms with Gasteiger partial charge in [0.15, 0.2) is 5.69 Å². The average Bonchev–Trinajstić information content (AvgIpc) is 2.98. The van der Waals surface area contributed by atoms with Crippen LogP contribution in [0.3, 0.4) is 0 Å². The number of carbonyl (C=O) groups excluding carboxylic acids is 1. The number of aromatic nitrogens is 4. The van der Waals surface area contributed by atoms with Gasteiger partial charge in [-0.3, -0.25) is 4.79 Å². The zero-order valence-electron chi connectivity index (χ0n) is 17.2. The molecule has 1 aliphatic rings. The van der Waals surface area contributed by atoms with Gasteiger partial charge in [-0.25, -0.2) is 9.67 Å². The number of halogens is 4. The Kier molecular flexibility index (Phi) is 6.05. The highest BCUT2D eigenvalue weighted by Crippen LogP contribution is 2.29. The molecule has 0 saturated carbocycles. The lowest BCUT2D eigenvalue weighted by Crippen LogP contribution is -2.36. The number of hydrogen-bond donors (Lipinski definition) is 0. The van der Waals surface area contributed by atoms with Crippen molar-refractivity contribution in [3.8, 4) is 5.69 Å². The predicted molar refractivity (Wildman–Crippen MR) is 113 cm³/mol. The molecule has 0 N–H and O–H groups in total. The largest absolute Gasteiger partial charge is 0.417 e. The Morgan fingerprint density at radius 1 is 1.09 bits per heavy atom. The lowest BCUT2D eigenvalue weighted by atomic mass is 10.2. The Bertz CT molecular complexity index is 1120. The molecule has 0 atom stereocenters. The first-order valence-electron chi connectivity index (χ1n) is 10.00. The van der Waals surface area contributed by atoms with Gasteiger partial charge in [0.2, 0.25) is 0 Å². The molecule has 0 aliphatic carbocycles. The summed E-state index contributed by atoms with van der Waals surface area (Å²) in [6.07, 6.45) is -2.94. The monoisotopic (exact) mass is 464 g/mol. The van der Waals surface area contributed by atoms with Gasteiger partial charge >= 0.3 is 6.18 Å². The molecular formula is C21H20ClF3N6O. The number of carbonyl (C=O) groups is 1. The van der Waals surface area contributed by atoms with Gasteiger partial charge in [-0.05, 0) is 43.7 Å². The molecule has 0 bridgehead atoms. The van der Waals surface area contributed by atoms with Crippen LogP contribution in [0.1, 0.15) is 28.2 Å². The van der Waals surface area contributed by atoms with Crippen LogP contribution in [-0.2, 0) is 6.18 Å². The van der Waals surface area contributed by atoms with E-state index in [4.69, 9.17) is 11.6 Å². The number of anilines is 1. The summed E-state index contributed by atoms with van der Waals surface area (Å²) in [5, 5.41) is 8.74. The molecule has 7 nitrogen and oxygen atoms in total. The smallest absolute Gasteiger partial charge is 0.355 e.